The summed E-state index contributed by atoms with van der Waals surface area (Å²) in [6, 6.07) is 28.3. The summed E-state index contributed by atoms with van der Waals surface area (Å²) in [6.45, 7) is 38.0. The molecule has 0 radical (unpaired) electrons. The van der Waals surface area contributed by atoms with Crippen LogP contribution < -0.4 is 9.62 Å². The van der Waals surface area contributed by atoms with Gasteiger partial charge in [-0.3, -0.25) is 0 Å². The average molecular weight is 728 g/mol. The SMILES string of the molecule is CC(C)c1cccc(C(C)C)c1N(B(N(C)C)N(c1c(C(C)C)cccc1C(C)C)c1c(C(C)C)cccc1C(C)C)c1c(C(C)C)cccc1C(C)C. The lowest BCUT2D eigenvalue weighted by Crippen LogP contribution is -2.60. The van der Waals surface area contributed by atoms with Crippen LogP contribution in [0.2, 0.25) is 0 Å². The smallest absolute Gasteiger partial charge is 0.350 e. The predicted octanol–water partition coefficient (Wildman–Crippen LogP) is 15.2. The predicted molar refractivity (Wildman–Crippen MR) is 242 cm³/mol. The average Bonchev–Trinajstić information content (AvgIpc) is 3.10. The Balaban J connectivity index is 2.47. The summed E-state index contributed by atoms with van der Waals surface area (Å²) in [5.41, 5.74) is 16.5. The summed E-state index contributed by atoms with van der Waals surface area (Å²) in [4.78, 5) is 8.14. The summed E-state index contributed by atoms with van der Waals surface area (Å²) in [5.74, 6) is 2.63. The number of rotatable bonds is 15. The third-order valence-corrected chi connectivity index (χ3v) is 11.3. The van der Waals surface area contributed by atoms with Gasteiger partial charge in [0, 0.05) is 22.7 Å². The van der Waals surface area contributed by atoms with E-state index in [4.69, 9.17) is 0 Å². The van der Waals surface area contributed by atoms with Crippen LogP contribution in [0.3, 0.4) is 0 Å². The van der Waals surface area contributed by atoms with Crippen LogP contribution in [0.1, 0.15) is 203 Å². The molecule has 0 N–H and O–H groups in total. The fourth-order valence-corrected chi connectivity index (χ4v) is 8.42. The Morgan fingerprint density at radius 3 is 0.556 bits per heavy atom. The summed E-state index contributed by atoms with van der Waals surface area (Å²) in [7, 11) is 4.41. The van der Waals surface area contributed by atoms with E-state index in [2.05, 4.69) is 212 Å². The molecule has 0 aliphatic carbocycles. The minimum atomic E-state index is -0.213. The number of para-hydroxylation sites is 4. The molecule has 0 aliphatic heterocycles. The zero-order valence-corrected chi connectivity index (χ0v) is 37.5. The molecule has 3 nitrogen and oxygen atoms in total. The minimum Gasteiger partial charge on any atom is -0.350 e. The molecule has 54 heavy (non-hydrogen) atoms. The molecule has 0 atom stereocenters. The molecule has 0 unspecified atom stereocenters. The lowest BCUT2D eigenvalue weighted by atomic mass is 9.73. The number of hydrogen-bond acceptors (Lipinski definition) is 3. The van der Waals surface area contributed by atoms with Crippen LogP contribution in [0, 0.1) is 0 Å². The van der Waals surface area contributed by atoms with Gasteiger partial charge in [0.15, 0.2) is 0 Å². The van der Waals surface area contributed by atoms with E-state index in [0.29, 0.717) is 47.3 Å². The molecule has 0 spiro atoms. The Labute approximate surface area is 332 Å². The monoisotopic (exact) mass is 728 g/mol. The molecular formula is C50H74BN3. The Kier molecular flexibility index (Phi) is 14.4. The van der Waals surface area contributed by atoms with Gasteiger partial charge in [-0.15, -0.1) is 0 Å². The summed E-state index contributed by atoms with van der Waals surface area (Å²) < 4.78 is 0. The maximum atomic E-state index is 2.82. The van der Waals surface area contributed by atoms with Crippen LogP contribution in [-0.4, -0.2) is 26.0 Å². The Hall–Kier alpha value is -3.50. The van der Waals surface area contributed by atoms with Gasteiger partial charge in [-0.2, -0.15) is 0 Å². The molecule has 0 heterocycles. The van der Waals surface area contributed by atoms with E-state index in [1.807, 2.05) is 0 Å². The molecule has 0 aromatic heterocycles. The Bertz CT molecular complexity index is 1480. The van der Waals surface area contributed by atoms with E-state index >= 15 is 0 Å². The zero-order valence-electron chi connectivity index (χ0n) is 37.5. The lowest BCUT2D eigenvalue weighted by Gasteiger charge is -2.48. The topological polar surface area (TPSA) is 9.72 Å². The number of anilines is 4. The highest BCUT2D eigenvalue weighted by molar-refractivity contribution is 6.68. The molecule has 0 amide bonds. The first-order valence-electron chi connectivity index (χ1n) is 21.1. The second kappa shape index (κ2) is 18.0. The summed E-state index contributed by atoms with van der Waals surface area (Å²) in [5, 5.41) is 0. The molecule has 0 saturated carbocycles. The van der Waals surface area contributed by atoms with Gasteiger partial charge in [-0.25, -0.2) is 0 Å². The molecule has 0 saturated heterocycles. The normalized spacial score (nSPS) is 12.3. The molecule has 0 aliphatic rings. The summed E-state index contributed by atoms with van der Waals surface area (Å²) in [6.07, 6.45) is 0. The van der Waals surface area contributed by atoms with E-state index in [1.165, 1.54) is 67.3 Å². The third kappa shape index (κ3) is 8.65. The van der Waals surface area contributed by atoms with Crippen LogP contribution in [0.5, 0.6) is 0 Å². The quantitative estimate of drug-likeness (QED) is 0.113. The molecule has 4 aromatic rings. The van der Waals surface area contributed by atoms with Crippen molar-refractivity contribution in [1.29, 1.82) is 0 Å². The standard InChI is InChI=1S/C50H74BN3/c1-31(2)39-23-19-24-40(32(3)4)47(39)53(48-41(33(5)6)25-20-26-42(48)34(7)8)51(52(17)18)54(49-43(35(9)10)27-21-28-44(49)36(11)12)50-45(37(13)14)29-22-30-46(50)38(15)16/h19-38H,1-18H3. The third-order valence-electron chi connectivity index (χ3n) is 11.3. The van der Waals surface area contributed by atoms with Crippen LogP contribution in [0.25, 0.3) is 0 Å². The van der Waals surface area contributed by atoms with Crippen molar-refractivity contribution in [3.05, 3.63) is 117 Å². The molecule has 0 fully saturated rings. The van der Waals surface area contributed by atoms with Crippen molar-refractivity contribution in [3.63, 3.8) is 0 Å². The van der Waals surface area contributed by atoms with Crippen LogP contribution in [0.4, 0.5) is 22.7 Å². The molecular weight excluding hydrogens is 653 g/mol. The van der Waals surface area contributed by atoms with Gasteiger partial charge in [-0.05, 0) is 106 Å². The van der Waals surface area contributed by atoms with Crippen molar-refractivity contribution in [2.45, 2.75) is 158 Å². The van der Waals surface area contributed by atoms with Gasteiger partial charge >= 0.3 is 7.12 Å². The van der Waals surface area contributed by atoms with E-state index in [-0.39, 0.29) is 7.12 Å². The van der Waals surface area contributed by atoms with Crippen LogP contribution >= 0.6 is 0 Å². The highest BCUT2D eigenvalue weighted by Gasteiger charge is 2.44. The number of hydrogen-bond donors (Lipinski definition) is 0. The van der Waals surface area contributed by atoms with E-state index < -0.39 is 0 Å². The van der Waals surface area contributed by atoms with Crippen LogP contribution in [0.15, 0.2) is 72.8 Å². The van der Waals surface area contributed by atoms with Crippen molar-refractivity contribution < 1.29 is 0 Å². The van der Waals surface area contributed by atoms with Crippen molar-refractivity contribution in [2.75, 3.05) is 23.7 Å². The summed E-state index contributed by atoms with van der Waals surface area (Å²) >= 11 is 0. The first-order valence-corrected chi connectivity index (χ1v) is 21.1. The van der Waals surface area contributed by atoms with Gasteiger partial charge in [0.1, 0.15) is 0 Å². The fraction of sp³-hybridized carbons (Fsp3) is 0.520. The maximum Gasteiger partial charge on any atom is 0.479 e. The Morgan fingerprint density at radius 2 is 0.444 bits per heavy atom. The largest absolute Gasteiger partial charge is 0.479 e. The van der Waals surface area contributed by atoms with Gasteiger partial charge < -0.3 is 14.4 Å². The molecule has 4 rings (SSSR count). The Morgan fingerprint density at radius 1 is 0.296 bits per heavy atom. The zero-order chi connectivity index (χ0) is 40.3. The van der Waals surface area contributed by atoms with E-state index in [9.17, 15) is 0 Å². The number of nitrogens with zero attached hydrogens (tertiary/aromatic N) is 3. The van der Waals surface area contributed by atoms with Gasteiger partial charge in [0.25, 0.3) is 0 Å². The van der Waals surface area contributed by atoms with Crippen molar-refractivity contribution in [2.24, 2.45) is 0 Å². The van der Waals surface area contributed by atoms with Gasteiger partial charge in [-0.1, -0.05) is 184 Å². The first kappa shape index (κ1) is 43.2. The second-order valence-corrected chi connectivity index (χ2v) is 18.4. The maximum absolute atomic E-state index is 2.82. The van der Waals surface area contributed by atoms with Crippen molar-refractivity contribution in [1.82, 2.24) is 4.81 Å². The van der Waals surface area contributed by atoms with E-state index in [0.717, 1.165) is 0 Å². The highest BCUT2D eigenvalue weighted by atomic mass is 15.4. The van der Waals surface area contributed by atoms with Gasteiger partial charge in [0.05, 0.1) is 0 Å². The molecule has 292 valence electrons. The molecule has 4 heteroatoms. The van der Waals surface area contributed by atoms with Crippen molar-refractivity contribution >= 4 is 29.9 Å². The van der Waals surface area contributed by atoms with Gasteiger partial charge in [0.2, 0.25) is 0 Å². The van der Waals surface area contributed by atoms with Crippen LogP contribution in [-0.2, 0) is 0 Å². The fourth-order valence-electron chi connectivity index (χ4n) is 8.42. The number of benzene rings is 4. The van der Waals surface area contributed by atoms with E-state index in [1.54, 1.807) is 0 Å². The van der Waals surface area contributed by atoms with Crippen molar-refractivity contribution in [3.8, 4) is 0 Å². The molecule has 4 aromatic carbocycles. The minimum absolute atomic E-state index is 0.213. The first-order chi connectivity index (χ1) is 25.3. The highest BCUT2D eigenvalue weighted by Crippen LogP contribution is 2.51. The lowest BCUT2D eigenvalue weighted by molar-refractivity contribution is 0.628. The second-order valence-electron chi connectivity index (χ2n) is 18.4. The molecule has 0 bridgehead atoms.